The summed E-state index contributed by atoms with van der Waals surface area (Å²) in [5.74, 6) is -0.646. The SMILES string of the molecule is COC(=O)CC(=O)Cc1ccncc1. The Bertz CT molecular complexity index is 321. The van der Waals surface area contributed by atoms with Crippen LogP contribution in [0.4, 0.5) is 0 Å². The van der Waals surface area contributed by atoms with E-state index < -0.39 is 5.97 Å². The highest BCUT2D eigenvalue weighted by molar-refractivity contribution is 5.96. The van der Waals surface area contributed by atoms with Crippen molar-refractivity contribution in [2.75, 3.05) is 7.11 Å². The van der Waals surface area contributed by atoms with E-state index in [4.69, 9.17) is 0 Å². The molecule has 74 valence electrons. The van der Waals surface area contributed by atoms with Crippen LogP contribution >= 0.6 is 0 Å². The number of rotatable bonds is 4. The van der Waals surface area contributed by atoms with Crippen molar-refractivity contribution < 1.29 is 14.3 Å². The fourth-order valence-electron chi connectivity index (χ4n) is 1.02. The normalized spacial score (nSPS) is 9.50. The van der Waals surface area contributed by atoms with Gasteiger partial charge in [0.25, 0.3) is 0 Å². The van der Waals surface area contributed by atoms with Crippen LogP contribution in [0, 0.1) is 0 Å². The zero-order chi connectivity index (χ0) is 10.4. The van der Waals surface area contributed by atoms with Crippen LogP contribution in [-0.2, 0) is 20.7 Å². The Morgan fingerprint density at radius 1 is 1.36 bits per heavy atom. The molecule has 1 aromatic rings. The van der Waals surface area contributed by atoms with Gasteiger partial charge >= 0.3 is 5.97 Å². The van der Waals surface area contributed by atoms with Gasteiger partial charge in [-0.3, -0.25) is 14.6 Å². The van der Waals surface area contributed by atoms with Crippen molar-refractivity contribution in [3.63, 3.8) is 0 Å². The van der Waals surface area contributed by atoms with Gasteiger partial charge in [-0.2, -0.15) is 0 Å². The summed E-state index contributed by atoms with van der Waals surface area (Å²) in [6.07, 6.45) is 3.30. The number of aromatic nitrogens is 1. The van der Waals surface area contributed by atoms with Crippen LogP contribution in [0.25, 0.3) is 0 Å². The van der Waals surface area contributed by atoms with Gasteiger partial charge in [0.2, 0.25) is 0 Å². The second-order valence-corrected chi connectivity index (χ2v) is 2.82. The van der Waals surface area contributed by atoms with Crippen LogP contribution < -0.4 is 0 Å². The summed E-state index contributed by atoms with van der Waals surface area (Å²) in [4.78, 5) is 25.8. The summed E-state index contributed by atoms with van der Waals surface area (Å²) in [5, 5.41) is 0. The highest BCUT2D eigenvalue weighted by Gasteiger charge is 2.09. The Morgan fingerprint density at radius 2 is 2.00 bits per heavy atom. The van der Waals surface area contributed by atoms with Gasteiger partial charge in [-0.1, -0.05) is 0 Å². The van der Waals surface area contributed by atoms with E-state index in [1.165, 1.54) is 7.11 Å². The fourth-order valence-corrected chi connectivity index (χ4v) is 1.02. The zero-order valence-electron chi connectivity index (χ0n) is 7.90. The third-order valence-corrected chi connectivity index (χ3v) is 1.72. The van der Waals surface area contributed by atoms with E-state index in [9.17, 15) is 9.59 Å². The van der Waals surface area contributed by atoms with Crippen LogP contribution in [0.15, 0.2) is 24.5 Å². The molecule has 0 radical (unpaired) electrons. The molecule has 0 aliphatic heterocycles. The molecule has 0 aliphatic carbocycles. The molecule has 1 heterocycles. The van der Waals surface area contributed by atoms with Crippen LogP contribution in [0.3, 0.4) is 0 Å². The first kappa shape index (κ1) is 10.4. The molecule has 0 bridgehead atoms. The number of ketones is 1. The van der Waals surface area contributed by atoms with Crippen molar-refractivity contribution in [1.82, 2.24) is 4.98 Å². The Kier molecular flexibility index (Phi) is 3.79. The molecule has 4 nitrogen and oxygen atoms in total. The number of pyridine rings is 1. The number of nitrogens with zero attached hydrogens (tertiary/aromatic N) is 1. The number of methoxy groups -OCH3 is 1. The van der Waals surface area contributed by atoms with Crippen LogP contribution in [0.2, 0.25) is 0 Å². The van der Waals surface area contributed by atoms with Gasteiger partial charge in [-0.15, -0.1) is 0 Å². The minimum atomic E-state index is -0.496. The second-order valence-electron chi connectivity index (χ2n) is 2.82. The molecule has 4 heteroatoms. The topological polar surface area (TPSA) is 56.3 Å². The van der Waals surface area contributed by atoms with Crippen LogP contribution in [0.5, 0.6) is 0 Å². The predicted molar refractivity (Wildman–Crippen MR) is 49.6 cm³/mol. The molecule has 0 unspecified atom stereocenters. The third kappa shape index (κ3) is 3.35. The van der Waals surface area contributed by atoms with Crippen LogP contribution in [0.1, 0.15) is 12.0 Å². The van der Waals surface area contributed by atoms with E-state index in [2.05, 4.69) is 9.72 Å². The van der Waals surface area contributed by atoms with E-state index >= 15 is 0 Å². The lowest BCUT2D eigenvalue weighted by molar-refractivity contribution is -0.143. The molecule has 0 N–H and O–H groups in total. The van der Waals surface area contributed by atoms with Gasteiger partial charge in [0.05, 0.1) is 7.11 Å². The number of hydrogen-bond donors (Lipinski definition) is 0. The minimum Gasteiger partial charge on any atom is -0.469 e. The van der Waals surface area contributed by atoms with Gasteiger partial charge in [0.15, 0.2) is 0 Å². The lowest BCUT2D eigenvalue weighted by atomic mass is 10.1. The first-order chi connectivity index (χ1) is 6.72. The van der Waals surface area contributed by atoms with Gasteiger partial charge in [0.1, 0.15) is 12.2 Å². The third-order valence-electron chi connectivity index (χ3n) is 1.72. The van der Waals surface area contributed by atoms with Crippen LogP contribution in [-0.4, -0.2) is 23.8 Å². The molecule has 0 spiro atoms. The van der Waals surface area contributed by atoms with E-state index in [0.717, 1.165) is 5.56 Å². The molecule has 0 atom stereocenters. The highest BCUT2D eigenvalue weighted by atomic mass is 16.5. The first-order valence-corrected chi connectivity index (χ1v) is 4.20. The molecule has 0 saturated heterocycles. The van der Waals surface area contributed by atoms with E-state index in [0.29, 0.717) is 0 Å². The Morgan fingerprint density at radius 3 is 2.57 bits per heavy atom. The molecule has 0 fully saturated rings. The molecule has 14 heavy (non-hydrogen) atoms. The van der Waals surface area contributed by atoms with Gasteiger partial charge < -0.3 is 4.74 Å². The standard InChI is InChI=1S/C10H11NO3/c1-14-10(13)7-9(12)6-8-2-4-11-5-3-8/h2-5H,6-7H2,1H3. The molecule has 0 aromatic carbocycles. The predicted octanol–water partition coefficient (Wildman–Crippen LogP) is 0.756. The minimum absolute atomic E-state index is 0.150. The van der Waals surface area contributed by atoms with Gasteiger partial charge in [-0.05, 0) is 17.7 Å². The van der Waals surface area contributed by atoms with E-state index in [1.807, 2.05) is 0 Å². The van der Waals surface area contributed by atoms with Crippen molar-refractivity contribution in [2.45, 2.75) is 12.8 Å². The summed E-state index contributed by atoms with van der Waals surface area (Å²) < 4.78 is 4.39. The number of esters is 1. The summed E-state index contributed by atoms with van der Waals surface area (Å²) in [7, 11) is 1.27. The average Bonchev–Trinajstić information content (AvgIpc) is 2.19. The molecule has 0 saturated carbocycles. The Labute approximate surface area is 81.9 Å². The van der Waals surface area contributed by atoms with Crippen molar-refractivity contribution in [3.05, 3.63) is 30.1 Å². The number of Topliss-reactive ketones (excluding diaryl/α,β-unsaturated/α-hetero) is 1. The van der Waals surface area contributed by atoms with Gasteiger partial charge in [0, 0.05) is 18.8 Å². The monoisotopic (exact) mass is 193 g/mol. The van der Waals surface area contributed by atoms with E-state index in [-0.39, 0.29) is 18.6 Å². The zero-order valence-corrected chi connectivity index (χ0v) is 7.90. The Hall–Kier alpha value is -1.71. The smallest absolute Gasteiger partial charge is 0.313 e. The summed E-state index contributed by atoms with van der Waals surface area (Å²) >= 11 is 0. The molecular formula is C10H11NO3. The molecular weight excluding hydrogens is 182 g/mol. The van der Waals surface area contributed by atoms with Crippen molar-refractivity contribution in [2.24, 2.45) is 0 Å². The van der Waals surface area contributed by atoms with E-state index in [1.54, 1.807) is 24.5 Å². The average molecular weight is 193 g/mol. The van der Waals surface area contributed by atoms with Crippen molar-refractivity contribution in [3.8, 4) is 0 Å². The summed E-state index contributed by atoms with van der Waals surface area (Å²) in [5.41, 5.74) is 0.855. The summed E-state index contributed by atoms with van der Waals surface area (Å²) in [6.45, 7) is 0. The quantitative estimate of drug-likeness (QED) is 0.523. The maximum Gasteiger partial charge on any atom is 0.313 e. The molecule has 0 aliphatic rings. The summed E-state index contributed by atoms with van der Waals surface area (Å²) in [6, 6.07) is 3.49. The fraction of sp³-hybridized carbons (Fsp3) is 0.300. The maximum atomic E-state index is 11.3. The largest absolute Gasteiger partial charge is 0.469 e. The number of carbonyl (C=O) groups excluding carboxylic acids is 2. The second kappa shape index (κ2) is 5.11. The van der Waals surface area contributed by atoms with Crippen molar-refractivity contribution >= 4 is 11.8 Å². The van der Waals surface area contributed by atoms with Gasteiger partial charge in [-0.25, -0.2) is 0 Å². The lowest BCUT2D eigenvalue weighted by Gasteiger charge is -1.99. The lowest BCUT2D eigenvalue weighted by Crippen LogP contribution is -2.11. The molecule has 1 rings (SSSR count). The highest BCUT2D eigenvalue weighted by Crippen LogP contribution is 2.00. The van der Waals surface area contributed by atoms with Crippen molar-refractivity contribution in [1.29, 1.82) is 0 Å². The number of hydrogen-bond acceptors (Lipinski definition) is 4. The number of ether oxygens (including phenoxy) is 1. The maximum absolute atomic E-state index is 11.3. The number of carbonyl (C=O) groups is 2. The molecule has 0 amide bonds. The molecule has 1 aromatic heterocycles. The first-order valence-electron chi connectivity index (χ1n) is 4.20. The Balaban J connectivity index is 2.46.